The van der Waals surface area contributed by atoms with Crippen LogP contribution in [0.3, 0.4) is 0 Å². The average Bonchev–Trinajstić information content (AvgIpc) is 2.77. The Morgan fingerprint density at radius 3 is 2.80 bits per heavy atom. The third-order valence-electron chi connectivity index (χ3n) is 3.29. The molecule has 0 amide bonds. The van der Waals surface area contributed by atoms with E-state index in [0.29, 0.717) is 6.42 Å². The van der Waals surface area contributed by atoms with Crippen LogP contribution in [-0.2, 0) is 27.8 Å². The molecule has 0 N–H and O–H groups in total. The van der Waals surface area contributed by atoms with Gasteiger partial charge in [0.1, 0.15) is 11.7 Å². The number of aromatic nitrogens is 2. The quantitative estimate of drug-likeness (QED) is 0.617. The summed E-state index contributed by atoms with van der Waals surface area (Å²) in [6.07, 6.45) is 2.09. The van der Waals surface area contributed by atoms with Crippen molar-refractivity contribution in [3.8, 4) is 0 Å². The number of hydrogen-bond acceptors (Lipinski definition) is 4. The van der Waals surface area contributed by atoms with Gasteiger partial charge < -0.3 is 9.30 Å². The minimum absolute atomic E-state index is 0.173. The second-order valence-electron chi connectivity index (χ2n) is 4.80. The van der Waals surface area contributed by atoms with E-state index in [0.717, 1.165) is 16.6 Å². The summed E-state index contributed by atoms with van der Waals surface area (Å²) < 4.78 is 6.87. The highest BCUT2D eigenvalue weighted by molar-refractivity contribution is 5.98. The molecular weight excluding hydrogens is 256 g/mol. The number of aryl methyl sites for hydroxylation is 1. The molecule has 0 fully saturated rings. The van der Waals surface area contributed by atoms with E-state index in [4.69, 9.17) is 4.74 Å². The van der Waals surface area contributed by atoms with Crippen LogP contribution in [0.5, 0.6) is 0 Å². The van der Waals surface area contributed by atoms with Gasteiger partial charge in [-0.2, -0.15) is 0 Å². The first-order valence-electron chi connectivity index (χ1n) is 6.60. The Hall–Kier alpha value is -2.17. The molecule has 2 rings (SSSR count). The number of Topliss-reactive ketones (excluding diaryl/α,β-unsaturated/α-hetero) is 1. The fourth-order valence-electron chi connectivity index (χ4n) is 2.17. The summed E-state index contributed by atoms with van der Waals surface area (Å²) in [4.78, 5) is 27.7. The van der Waals surface area contributed by atoms with Crippen molar-refractivity contribution in [2.45, 2.75) is 20.3 Å². The van der Waals surface area contributed by atoms with Crippen molar-refractivity contribution in [3.63, 3.8) is 0 Å². The lowest BCUT2D eigenvalue weighted by atomic mass is 9.96. The maximum atomic E-state index is 11.8. The van der Waals surface area contributed by atoms with Gasteiger partial charge in [-0.25, -0.2) is 4.98 Å². The van der Waals surface area contributed by atoms with Crippen molar-refractivity contribution in [2.75, 3.05) is 6.61 Å². The molecule has 1 heterocycles. The van der Waals surface area contributed by atoms with Gasteiger partial charge in [0.15, 0.2) is 0 Å². The normalized spacial score (nSPS) is 12.3. The summed E-state index contributed by atoms with van der Waals surface area (Å²) in [5.74, 6) is -1.36. The standard InChI is InChI=1S/C15H18N2O3/c1-4-20-15(19)12(10(2)18)7-11-5-6-13-14(8-11)17(3)9-16-13/h5-6,8-9,12H,4,7H2,1-3H3. The van der Waals surface area contributed by atoms with Gasteiger partial charge >= 0.3 is 5.97 Å². The van der Waals surface area contributed by atoms with E-state index in [2.05, 4.69) is 4.98 Å². The molecule has 5 heteroatoms. The Labute approximate surface area is 117 Å². The predicted molar refractivity (Wildman–Crippen MR) is 75.2 cm³/mol. The highest BCUT2D eigenvalue weighted by Crippen LogP contribution is 2.18. The Balaban J connectivity index is 2.26. The molecule has 1 aromatic heterocycles. The predicted octanol–water partition coefficient (Wildman–Crippen LogP) is 1.88. The summed E-state index contributed by atoms with van der Waals surface area (Å²) in [5.41, 5.74) is 2.80. The molecule has 1 unspecified atom stereocenters. The number of ketones is 1. The first kappa shape index (κ1) is 14.2. The summed E-state index contributed by atoms with van der Waals surface area (Å²) in [5, 5.41) is 0. The van der Waals surface area contributed by atoms with E-state index in [1.807, 2.05) is 29.8 Å². The summed E-state index contributed by atoms with van der Waals surface area (Å²) in [6, 6.07) is 5.75. The van der Waals surface area contributed by atoms with E-state index in [-0.39, 0.29) is 12.4 Å². The summed E-state index contributed by atoms with van der Waals surface area (Å²) in [6.45, 7) is 3.43. The van der Waals surface area contributed by atoms with Crippen LogP contribution >= 0.6 is 0 Å². The molecule has 0 radical (unpaired) electrons. The highest BCUT2D eigenvalue weighted by Gasteiger charge is 2.25. The first-order valence-corrected chi connectivity index (χ1v) is 6.60. The van der Waals surface area contributed by atoms with E-state index >= 15 is 0 Å². The Morgan fingerprint density at radius 1 is 1.40 bits per heavy atom. The number of benzene rings is 1. The molecule has 0 spiro atoms. The minimum Gasteiger partial charge on any atom is -0.465 e. The highest BCUT2D eigenvalue weighted by atomic mass is 16.5. The number of esters is 1. The van der Waals surface area contributed by atoms with Crippen LogP contribution in [0.2, 0.25) is 0 Å². The monoisotopic (exact) mass is 274 g/mol. The zero-order valence-electron chi connectivity index (χ0n) is 11.9. The van der Waals surface area contributed by atoms with Gasteiger partial charge in [-0.05, 0) is 38.0 Å². The van der Waals surface area contributed by atoms with Crippen LogP contribution in [-0.4, -0.2) is 27.9 Å². The maximum Gasteiger partial charge on any atom is 0.316 e. The fraction of sp³-hybridized carbons (Fsp3) is 0.400. The van der Waals surface area contributed by atoms with E-state index in [1.165, 1.54) is 6.92 Å². The fourth-order valence-corrected chi connectivity index (χ4v) is 2.17. The molecule has 0 aliphatic carbocycles. The number of carbonyl (C=O) groups excluding carboxylic acids is 2. The largest absolute Gasteiger partial charge is 0.465 e. The van der Waals surface area contributed by atoms with Gasteiger partial charge in [0.25, 0.3) is 0 Å². The van der Waals surface area contributed by atoms with Crippen LogP contribution in [0.25, 0.3) is 11.0 Å². The van der Waals surface area contributed by atoms with Crippen molar-refractivity contribution in [1.29, 1.82) is 0 Å². The zero-order valence-corrected chi connectivity index (χ0v) is 11.9. The number of ether oxygens (including phenoxy) is 1. The molecule has 0 bridgehead atoms. The molecule has 20 heavy (non-hydrogen) atoms. The van der Waals surface area contributed by atoms with Crippen molar-refractivity contribution in [3.05, 3.63) is 30.1 Å². The molecule has 0 saturated carbocycles. The molecule has 5 nitrogen and oxygen atoms in total. The number of imidazole rings is 1. The van der Waals surface area contributed by atoms with Crippen LogP contribution in [0, 0.1) is 5.92 Å². The Morgan fingerprint density at radius 2 is 2.15 bits per heavy atom. The summed E-state index contributed by atoms with van der Waals surface area (Å²) >= 11 is 0. The minimum atomic E-state index is -0.736. The average molecular weight is 274 g/mol. The molecule has 2 aromatic rings. The van der Waals surface area contributed by atoms with Crippen LogP contribution in [0.1, 0.15) is 19.4 Å². The van der Waals surface area contributed by atoms with Crippen molar-refractivity contribution in [1.82, 2.24) is 9.55 Å². The molecular formula is C15H18N2O3. The van der Waals surface area contributed by atoms with Crippen LogP contribution < -0.4 is 0 Å². The second kappa shape index (κ2) is 5.86. The van der Waals surface area contributed by atoms with Crippen molar-refractivity contribution >= 4 is 22.8 Å². The van der Waals surface area contributed by atoms with Gasteiger partial charge in [0.05, 0.1) is 24.0 Å². The third kappa shape index (κ3) is 2.87. The molecule has 106 valence electrons. The summed E-state index contributed by atoms with van der Waals surface area (Å²) in [7, 11) is 1.91. The number of nitrogens with zero attached hydrogens (tertiary/aromatic N) is 2. The molecule has 1 atom stereocenters. The number of rotatable bonds is 5. The van der Waals surface area contributed by atoms with Crippen molar-refractivity contribution < 1.29 is 14.3 Å². The van der Waals surface area contributed by atoms with Gasteiger partial charge in [-0.3, -0.25) is 9.59 Å². The van der Waals surface area contributed by atoms with Crippen molar-refractivity contribution in [2.24, 2.45) is 13.0 Å². The third-order valence-corrected chi connectivity index (χ3v) is 3.29. The van der Waals surface area contributed by atoms with Gasteiger partial charge in [-0.15, -0.1) is 0 Å². The SMILES string of the molecule is CCOC(=O)C(Cc1ccc2ncn(C)c2c1)C(C)=O. The lowest BCUT2D eigenvalue weighted by molar-refractivity contribution is -0.151. The van der Waals surface area contributed by atoms with Crippen LogP contribution in [0.15, 0.2) is 24.5 Å². The van der Waals surface area contributed by atoms with Gasteiger partial charge in [0, 0.05) is 7.05 Å². The lowest BCUT2D eigenvalue weighted by Crippen LogP contribution is -2.26. The molecule has 0 aliphatic rings. The number of hydrogen-bond donors (Lipinski definition) is 0. The molecule has 0 saturated heterocycles. The van der Waals surface area contributed by atoms with Gasteiger partial charge in [0.2, 0.25) is 0 Å². The second-order valence-corrected chi connectivity index (χ2v) is 4.80. The zero-order chi connectivity index (χ0) is 14.7. The molecule has 1 aromatic carbocycles. The first-order chi connectivity index (χ1) is 9.52. The van der Waals surface area contributed by atoms with E-state index in [1.54, 1.807) is 13.3 Å². The van der Waals surface area contributed by atoms with Crippen LogP contribution in [0.4, 0.5) is 0 Å². The smallest absolute Gasteiger partial charge is 0.316 e. The Bertz CT molecular complexity index is 646. The topological polar surface area (TPSA) is 61.2 Å². The van der Waals surface area contributed by atoms with E-state index < -0.39 is 11.9 Å². The van der Waals surface area contributed by atoms with E-state index in [9.17, 15) is 9.59 Å². The lowest BCUT2D eigenvalue weighted by Gasteiger charge is -2.12. The Kier molecular flexibility index (Phi) is 4.17. The van der Waals surface area contributed by atoms with Gasteiger partial charge in [-0.1, -0.05) is 6.07 Å². The molecule has 0 aliphatic heterocycles. The number of carbonyl (C=O) groups is 2. The maximum absolute atomic E-state index is 11.8. The number of fused-ring (bicyclic) bond motifs is 1.